The number of para-hydroxylation sites is 1. The molecule has 3 atom stereocenters. The number of benzene rings is 1. The van der Waals surface area contributed by atoms with Crippen LogP contribution < -0.4 is 38.9 Å². The molecule has 0 spiro atoms. The molecule has 0 radical (unpaired) electrons. The molecule has 14 nitrogen and oxygen atoms in total. The molecule has 13 N–H and O–H groups in total. The van der Waals surface area contributed by atoms with Gasteiger partial charge in [-0.25, -0.2) is 4.79 Å². The summed E-state index contributed by atoms with van der Waals surface area (Å²) in [5.41, 5.74) is 24.0. The number of amides is 3. The summed E-state index contributed by atoms with van der Waals surface area (Å²) < 4.78 is 0. The molecule has 1 aromatic carbocycles. The Balaban J connectivity index is 1.92. The van der Waals surface area contributed by atoms with Crippen LogP contribution in [0.5, 0.6) is 0 Å². The van der Waals surface area contributed by atoms with E-state index < -0.39 is 48.4 Å². The maximum Gasteiger partial charge on any atom is 0.326 e. The van der Waals surface area contributed by atoms with E-state index in [0.717, 1.165) is 16.5 Å². The van der Waals surface area contributed by atoms with Crippen molar-refractivity contribution >= 4 is 40.6 Å². The summed E-state index contributed by atoms with van der Waals surface area (Å²) in [6, 6.07) is 4.61. The lowest BCUT2D eigenvalue weighted by Crippen LogP contribution is -2.53. The normalized spacial score (nSPS) is 13.2. The molecule has 14 heteroatoms. The van der Waals surface area contributed by atoms with Crippen molar-refractivity contribution < 1.29 is 24.3 Å². The van der Waals surface area contributed by atoms with E-state index in [4.69, 9.17) is 22.9 Å². The van der Waals surface area contributed by atoms with Gasteiger partial charge in [0.05, 0.1) is 12.6 Å². The minimum atomic E-state index is -1.23. The first-order valence-electron chi connectivity index (χ1n) is 12.8. The number of H-pyrrole nitrogens is 1. The van der Waals surface area contributed by atoms with E-state index >= 15 is 0 Å². The number of guanidine groups is 1. The van der Waals surface area contributed by atoms with Gasteiger partial charge >= 0.3 is 5.97 Å². The van der Waals surface area contributed by atoms with Crippen molar-refractivity contribution in [3.63, 3.8) is 0 Å². The van der Waals surface area contributed by atoms with E-state index in [1.165, 1.54) is 0 Å². The minimum absolute atomic E-state index is 0.0951. The highest BCUT2D eigenvalue weighted by Crippen LogP contribution is 2.18. The number of aliphatic imine (C=N–C) groups is 1. The monoisotopic (exact) mass is 545 g/mol. The molecular formula is C25H39N9O5. The molecular weight excluding hydrogens is 506 g/mol. The largest absolute Gasteiger partial charge is 0.480 e. The van der Waals surface area contributed by atoms with E-state index in [1.807, 2.05) is 24.3 Å². The number of aliphatic carboxylic acids is 1. The van der Waals surface area contributed by atoms with E-state index in [-0.39, 0.29) is 25.3 Å². The summed E-state index contributed by atoms with van der Waals surface area (Å²) in [5.74, 6) is -3.13. The molecule has 2 aromatic rings. The standard InChI is InChI=1S/C25H39N9O5/c26-10-4-3-8-19(34-22(36)17(27)12-15-13-31-18-7-2-1-6-16(15)18)23(37)32-14-21(35)33-20(24(38)39)9-5-11-30-25(28)29/h1-2,6-7,13,17,19-20,31H,3-5,8-12,14,26-27H2,(H,32,37)(H,33,35)(H,34,36)(H,38,39)(H4,28,29,30). The number of rotatable bonds is 17. The first-order valence-corrected chi connectivity index (χ1v) is 12.8. The second-order valence-electron chi connectivity index (χ2n) is 9.14. The molecule has 0 saturated carbocycles. The Morgan fingerprint density at radius 3 is 2.38 bits per heavy atom. The van der Waals surface area contributed by atoms with E-state index in [9.17, 15) is 24.3 Å². The number of hydrogen-bond donors (Lipinski definition) is 9. The van der Waals surface area contributed by atoms with Crippen molar-refractivity contribution in [1.82, 2.24) is 20.9 Å². The summed E-state index contributed by atoms with van der Waals surface area (Å²) in [6.45, 7) is 0.164. The van der Waals surface area contributed by atoms with Crippen molar-refractivity contribution in [2.24, 2.45) is 27.9 Å². The molecule has 0 saturated heterocycles. The van der Waals surface area contributed by atoms with Crippen molar-refractivity contribution in [1.29, 1.82) is 0 Å². The summed E-state index contributed by atoms with van der Waals surface area (Å²) in [6.07, 6.45) is 3.98. The Morgan fingerprint density at radius 1 is 0.974 bits per heavy atom. The number of carbonyl (C=O) groups is 4. The molecule has 0 fully saturated rings. The van der Waals surface area contributed by atoms with E-state index in [0.29, 0.717) is 32.2 Å². The summed E-state index contributed by atoms with van der Waals surface area (Å²) in [7, 11) is 0. The second kappa shape index (κ2) is 15.9. The van der Waals surface area contributed by atoms with Gasteiger partial charge < -0.3 is 49.0 Å². The highest BCUT2D eigenvalue weighted by Gasteiger charge is 2.25. The molecule has 3 unspecified atom stereocenters. The van der Waals surface area contributed by atoms with Crippen LogP contribution in [-0.2, 0) is 25.6 Å². The van der Waals surface area contributed by atoms with Gasteiger partial charge in [-0.05, 0) is 56.7 Å². The predicted molar refractivity (Wildman–Crippen MR) is 147 cm³/mol. The van der Waals surface area contributed by atoms with Crippen LogP contribution in [-0.4, -0.2) is 77.5 Å². The van der Waals surface area contributed by atoms with Gasteiger partial charge in [0.25, 0.3) is 0 Å². The van der Waals surface area contributed by atoms with Crippen LogP contribution >= 0.6 is 0 Å². The molecule has 0 aliphatic heterocycles. The number of unbranched alkanes of at least 4 members (excludes halogenated alkanes) is 1. The molecule has 0 bridgehead atoms. The molecule has 214 valence electrons. The Bertz CT molecular complexity index is 1150. The zero-order valence-corrected chi connectivity index (χ0v) is 21.8. The fourth-order valence-corrected chi connectivity index (χ4v) is 3.97. The van der Waals surface area contributed by atoms with Gasteiger partial charge in [-0.1, -0.05) is 18.2 Å². The molecule has 0 aliphatic rings. The van der Waals surface area contributed by atoms with Crippen molar-refractivity contribution in [3.8, 4) is 0 Å². The van der Waals surface area contributed by atoms with Gasteiger partial charge in [0.1, 0.15) is 12.1 Å². The first-order chi connectivity index (χ1) is 18.6. The van der Waals surface area contributed by atoms with Gasteiger partial charge in [0, 0.05) is 23.6 Å². The van der Waals surface area contributed by atoms with Crippen LogP contribution in [0.1, 0.15) is 37.7 Å². The van der Waals surface area contributed by atoms with E-state index in [2.05, 4.69) is 25.9 Å². The molecule has 1 heterocycles. The highest BCUT2D eigenvalue weighted by atomic mass is 16.4. The van der Waals surface area contributed by atoms with Gasteiger partial charge in [0.15, 0.2) is 5.96 Å². The van der Waals surface area contributed by atoms with Crippen LogP contribution in [0.15, 0.2) is 35.5 Å². The predicted octanol–water partition coefficient (Wildman–Crippen LogP) is -1.61. The molecule has 3 amide bonds. The average Bonchev–Trinajstić information content (AvgIpc) is 3.30. The third-order valence-electron chi connectivity index (χ3n) is 6.03. The number of carboxylic acids is 1. The fourth-order valence-electron chi connectivity index (χ4n) is 3.97. The number of nitrogens with two attached hydrogens (primary N) is 4. The quantitative estimate of drug-likeness (QED) is 0.0628. The zero-order valence-electron chi connectivity index (χ0n) is 21.8. The van der Waals surface area contributed by atoms with Crippen molar-refractivity contribution in [2.75, 3.05) is 19.6 Å². The maximum atomic E-state index is 12.9. The molecule has 1 aromatic heterocycles. The van der Waals surface area contributed by atoms with Gasteiger partial charge in [-0.2, -0.15) is 0 Å². The maximum absolute atomic E-state index is 12.9. The number of carboxylic acid groups (broad SMARTS) is 1. The number of hydrogen-bond acceptors (Lipinski definition) is 7. The lowest BCUT2D eigenvalue weighted by Gasteiger charge is -2.21. The number of fused-ring (bicyclic) bond motifs is 1. The van der Waals surface area contributed by atoms with Gasteiger partial charge in [-0.3, -0.25) is 19.4 Å². The SMILES string of the molecule is NCCCCC(NC(=O)C(N)Cc1c[nH]c2ccccc12)C(=O)NCC(=O)NC(CCCN=C(N)N)C(=O)O. The molecule has 0 aliphatic carbocycles. The molecule has 39 heavy (non-hydrogen) atoms. The summed E-state index contributed by atoms with van der Waals surface area (Å²) >= 11 is 0. The minimum Gasteiger partial charge on any atom is -0.480 e. The number of aromatic amines is 1. The number of nitrogens with one attached hydrogen (secondary N) is 4. The Labute approximate surface area is 226 Å². The number of carbonyl (C=O) groups excluding carboxylic acids is 3. The highest BCUT2D eigenvalue weighted by molar-refractivity contribution is 5.93. The van der Waals surface area contributed by atoms with Gasteiger partial charge in [-0.15, -0.1) is 0 Å². The number of nitrogens with zero attached hydrogens (tertiary/aromatic N) is 1. The van der Waals surface area contributed by atoms with Crippen LogP contribution in [0.3, 0.4) is 0 Å². The third-order valence-corrected chi connectivity index (χ3v) is 6.03. The second-order valence-corrected chi connectivity index (χ2v) is 9.14. The summed E-state index contributed by atoms with van der Waals surface area (Å²) in [4.78, 5) is 56.4. The average molecular weight is 546 g/mol. The topological polar surface area (TPSA) is 257 Å². The van der Waals surface area contributed by atoms with Crippen molar-refractivity contribution in [2.45, 2.75) is 56.7 Å². The smallest absolute Gasteiger partial charge is 0.326 e. The van der Waals surface area contributed by atoms with Crippen LogP contribution in [0.2, 0.25) is 0 Å². The zero-order chi connectivity index (χ0) is 28.8. The lowest BCUT2D eigenvalue weighted by molar-refractivity contribution is -0.142. The Morgan fingerprint density at radius 2 is 1.69 bits per heavy atom. The third kappa shape index (κ3) is 10.6. The van der Waals surface area contributed by atoms with E-state index in [1.54, 1.807) is 6.20 Å². The van der Waals surface area contributed by atoms with Crippen LogP contribution in [0.25, 0.3) is 10.9 Å². The van der Waals surface area contributed by atoms with Crippen LogP contribution in [0, 0.1) is 0 Å². The van der Waals surface area contributed by atoms with Crippen LogP contribution in [0.4, 0.5) is 0 Å². The number of aromatic nitrogens is 1. The summed E-state index contributed by atoms with van der Waals surface area (Å²) in [5, 5.41) is 17.8. The fraction of sp³-hybridized carbons (Fsp3) is 0.480. The first kappa shape index (κ1) is 31.1. The Hall–Kier alpha value is -4.17. The van der Waals surface area contributed by atoms with Crippen molar-refractivity contribution in [3.05, 3.63) is 36.0 Å². The molecule has 2 rings (SSSR count). The Kier molecular flexibility index (Phi) is 12.7. The lowest BCUT2D eigenvalue weighted by atomic mass is 10.0. The van der Waals surface area contributed by atoms with Gasteiger partial charge in [0.2, 0.25) is 17.7 Å².